The average molecular weight is 253 g/mol. The molecule has 2 bridgehead atoms. The van der Waals surface area contributed by atoms with Gasteiger partial charge in [0.25, 0.3) is 0 Å². The van der Waals surface area contributed by atoms with Gasteiger partial charge in [0.2, 0.25) is 11.8 Å². The summed E-state index contributed by atoms with van der Waals surface area (Å²) in [4.78, 5) is 36.4. The summed E-state index contributed by atoms with van der Waals surface area (Å²) in [6.45, 7) is -0.259. The highest BCUT2D eigenvalue weighted by Gasteiger charge is 2.60. The second-order valence-electron chi connectivity index (χ2n) is 4.34. The van der Waals surface area contributed by atoms with Crippen LogP contribution in [0, 0.1) is 11.8 Å². The Morgan fingerprint density at radius 3 is 2.29 bits per heavy atom. The van der Waals surface area contributed by atoms with E-state index in [0.29, 0.717) is 0 Å². The first-order valence-electron chi connectivity index (χ1n) is 5.39. The smallest absolute Gasteiger partial charge is 0.325 e. The third kappa shape index (κ3) is 1.36. The quantitative estimate of drug-likeness (QED) is 0.388. The molecule has 3 aliphatic heterocycles. The number of likely N-dealkylation sites (tertiary alicyclic amines) is 1. The summed E-state index contributed by atoms with van der Waals surface area (Å²) in [5, 5.41) is 0.202. The molecule has 6 heteroatoms. The van der Waals surface area contributed by atoms with Crippen LogP contribution in [0.3, 0.4) is 0 Å². The van der Waals surface area contributed by atoms with E-state index in [1.165, 1.54) is 7.11 Å². The largest absolute Gasteiger partial charge is 0.468 e. The van der Waals surface area contributed by atoms with Crippen LogP contribution in [-0.2, 0) is 19.1 Å². The zero-order chi connectivity index (χ0) is 12.2. The molecule has 2 saturated heterocycles. The van der Waals surface area contributed by atoms with E-state index in [2.05, 4.69) is 4.74 Å². The Balaban J connectivity index is 1.85. The van der Waals surface area contributed by atoms with Gasteiger partial charge in [0.05, 0.1) is 18.9 Å². The molecule has 0 saturated carbocycles. The molecule has 3 rings (SSSR count). The summed E-state index contributed by atoms with van der Waals surface area (Å²) in [5.41, 5.74) is 0. The number of carbonyl (C=O) groups excluding carboxylic acids is 3. The lowest BCUT2D eigenvalue weighted by atomic mass is 9.85. The Kier molecular flexibility index (Phi) is 2.29. The fourth-order valence-electron chi connectivity index (χ4n) is 2.71. The van der Waals surface area contributed by atoms with E-state index in [1.807, 2.05) is 12.2 Å². The number of rotatable bonds is 2. The van der Waals surface area contributed by atoms with Gasteiger partial charge >= 0.3 is 5.97 Å². The molecule has 0 aliphatic carbocycles. The minimum absolute atomic E-state index is 0.101. The van der Waals surface area contributed by atoms with Crippen molar-refractivity contribution in [3.8, 4) is 0 Å². The highest BCUT2D eigenvalue weighted by molar-refractivity contribution is 8.01. The summed E-state index contributed by atoms with van der Waals surface area (Å²) in [6.07, 6.45) is 3.98. The Morgan fingerprint density at radius 1 is 1.29 bits per heavy atom. The van der Waals surface area contributed by atoms with E-state index >= 15 is 0 Å². The summed E-state index contributed by atoms with van der Waals surface area (Å²) in [5.74, 6) is -1.55. The molecule has 0 aromatic rings. The van der Waals surface area contributed by atoms with E-state index in [0.717, 1.165) is 4.90 Å². The standard InChI is InChI=1S/C11H11NO4S/c1-16-7(13)4-12-10(14)8-5-2-3-6(17-5)9(8)11(12)15/h2-3,5-6,8-9H,4H2,1H3. The number of esters is 1. The number of nitrogens with zero attached hydrogens (tertiary/aromatic N) is 1. The van der Waals surface area contributed by atoms with Crippen molar-refractivity contribution < 1.29 is 19.1 Å². The maximum absolute atomic E-state index is 12.1. The molecule has 0 aromatic heterocycles. The Labute approximate surface area is 102 Å². The van der Waals surface area contributed by atoms with Crippen LogP contribution in [0.15, 0.2) is 12.2 Å². The molecule has 2 amide bonds. The molecule has 2 fully saturated rings. The fraction of sp³-hybridized carbons (Fsp3) is 0.545. The van der Waals surface area contributed by atoms with Crippen molar-refractivity contribution in [2.75, 3.05) is 13.7 Å². The predicted octanol–water partition coefficient (Wildman–Crippen LogP) is -0.186. The molecule has 0 radical (unpaired) electrons. The molecule has 0 N–H and O–H groups in total. The van der Waals surface area contributed by atoms with Crippen LogP contribution in [0.25, 0.3) is 0 Å². The first-order chi connectivity index (χ1) is 8.13. The molecule has 17 heavy (non-hydrogen) atoms. The topological polar surface area (TPSA) is 63.7 Å². The molecule has 5 nitrogen and oxygen atoms in total. The van der Waals surface area contributed by atoms with Crippen LogP contribution in [0.5, 0.6) is 0 Å². The van der Waals surface area contributed by atoms with E-state index in [1.54, 1.807) is 11.8 Å². The second kappa shape index (κ2) is 3.60. The number of thioether (sulfide) groups is 1. The normalized spacial score (nSPS) is 37.8. The van der Waals surface area contributed by atoms with Gasteiger partial charge in [-0.2, -0.15) is 0 Å². The van der Waals surface area contributed by atoms with Crippen LogP contribution in [0.1, 0.15) is 0 Å². The number of hydrogen-bond donors (Lipinski definition) is 0. The van der Waals surface area contributed by atoms with Gasteiger partial charge in [0.1, 0.15) is 6.54 Å². The predicted molar refractivity (Wildman–Crippen MR) is 60.0 cm³/mol. The molecule has 0 spiro atoms. The Bertz CT molecular complexity index is 417. The molecular weight excluding hydrogens is 242 g/mol. The van der Waals surface area contributed by atoms with Crippen LogP contribution in [0.4, 0.5) is 0 Å². The zero-order valence-corrected chi connectivity index (χ0v) is 9.98. The van der Waals surface area contributed by atoms with Crippen molar-refractivity contribution >= 4 is 29.5 Å². The lowest BCUT2D eigenvalue weighted by Crippen LogP contribution is -2.37. The molecule has 90 valence electrons. The Hall–Kier alpha value is -1.30. The highest BCUT2D eigenvalue weighted by atomic mass is 32.2. The average Bonchev–Trinajstić information content (AvgIpc) is 2.98. The van der Waals surface area contributed by atoms with Gasteiger partial charge in [-0.15, -0.1) is 11.8 Å². The fourth-order valence-corrected chi connectivity index (χ4v) is 4.35. The Morgan fingerprint density at radius 2 is 1.82 bits per heavy atom. The summed E-state index contributed by atoms with van der Waals surface area (Å²) >= 11 is 1.66. The molecule has 4 atom stereocenters. The van der Waals surface area contributed by atoms with Crippen LogP contribution < -0.4 is 0 Å². The number of amides is 2. The van der Waals surface area contributed by atoms with Crippen LogP contribution in [-0.4, -0.2) is 46.8 Å². The van der Waals surface area contributed by atoms with Gasteiger partial charge in [-0.25, -0.2) is 0 Å². The summed E-state index contributed by atoms with van der Waals surface area (Å²) < 4.78 is 4.49. The first kappa shape index (κ1) is 10.8. The summed E-state index contributed by atoms with van der Waals surface area (Å²) in [6, 6.07) is 0. The van der Waals surface area contributed by atoms with Crippen molar-refractivity contribution in [2.24, 2.45) is 11.8 Å². The minimum Gasteiger partial charge on any atom is -0.468 e. The third-order valence-electron chi connectivity index (χ3n) is 3.52. The third-order valence-corrected chi connectivity index (χ3v) is 5.05. The number of imide groups is 1. The maximum atomic E-state index is 12.1. The number of hydrogen-bond acceptors (Lipinski definition) is 5. The van der Waals surface area contributed by atoms with Gasteiger partial charge in [0.15, 0.2) is 0 Å². The van der Waals surface area contributed by atoms with E-state index in [9.17, 15) is 14.4 Å². The van der Waals surface area contributed by atoms with E-state index < -0.39 is 5.97 Å². The lowest BCUT2D eigenvalue weighted by molar-refractivity contribution is -0.151. The van der Waals surface area contributed by atoms with Gasteiger partial charge in [-0.3, -0.25) is 19.3 Å². The zero-order valence-electron chi connectivity index (χ0n) is 9.16. The van der Waals surface area contributed by atoms with Crippen molar-refractivity contribution in [1.29, 1.82) is 0 Å². The molecule has 4 unspecified atom stereocenters. The minimum atomic E-state index is -0.556. The van der Waals surface area contributed by atoms with Gasteiger partial charge in [0, 0.05) is 10.5 Å². The van der Waals surface area contributed by atoms with Gasteiger partial charge < -0.3 is 4.74 Å². The van der Waals surface area contributed by atoms with Gasteiger partial charge in [-0.05, 0) is 0 Å². The number of ether oxygens (including phenoxy) is 1. The van der Waals surface area contributed by atoms with Crippen molar-refractivity contribution in [2.45, 2.75) is 10.5 Å². The van der Waals surface area contributed by atoms with Crippen molar-refractivity contribution in [3.05, 3.63) is 12.2 Å². The van der Waals surface area contributed by atoms with Gasteiger partial charge in [-0.1, -0.05) is 12.2 Å². The number of carbonyl (C=O) groups is 3. The van der Waals surface area contributed by atoms with Crippen molar-refractivity contribution in [1.82, 2.24) is 4.90 Å². The molecule has 3 heterocycles. The van der Waals surface area contributed by atoms with E-state index in [4.69, 9.17) is 0 Å². The highest BCUT2D eigenvalue weighted by Crippen LogP contribution is 2.52. The summed E-state index contributed by atoms with van der Waals surface area (Å²) in [7, 11) is 1.25. The maximum Gasteiger partial charge on any atom is 0.325 e. The SMILES string of the molecule is COC(=O)CN1C(=O)C2C3C=CC(S3)C2C1=O. The lowest BCUT2D eigenvalue weighted by Gasteiger charge is -2.15. The molecule has 3 aliphatic rings. The van der Waals surface area contributed by atoms with Crippen LogP contribution >= 0.6 is 11.8 Å². The van der Waals surface area contributed by atoms with Crippen molar-refractivity contribution in [3.63, 3.8) is 0 Å². The number of fused-ring (bicyclic) bond motifs is 5. The van der Waals surface area contributed by atoms with Crippen LogP contribution in [0.2, 0.25) is 0 Å². The second-order valence-corrected chi connectivity index (χ2v) is 5.70. The number of methoxy groups -OCH3 is 1. The molecule has 0 aromatic carbocycles. The van der Waals surface area contributed by atoms with E-state index in [-0.39, 0.29) is 40.7 Å². The first-order valence-corrected chi connectivity index (χ1v) is 6.33. The monoisotopic (exact) mass is 253 g/mol. The molecular formula is C11H11NO4S.